The molecule has 1 saturated heterocycles. The van der Waals surface area contributed by atoms with Crippen molar-refractivity contribution < 1.29 is 14.4 Å². The lowest BCUT2D eigenvalue weighted by Crippen LogP contribution is -2.58. The average molecular weight is 323 g/mol. The fourth-order valence-electron chi connectivity index (χ4n) is 2.49. The zero-order valence-corrected chi connectivity index (χ0v) is 13.4. The molecular formula is C16H19ClN2O3. The topological polar surface area (TPSA) is 51.1 Å². The van der Waals surface area contributed by atoms with E-state index >= 15 is 0 Å². The fraction of sp³-hybridized carbons (Fsp3) is 0.500. The minimum Gasteiger partial charge on any atom is -0.485 e. The van der Waals surface area contributed by atoms with Crippen molar-refractivity contribution in [3.05, 3.63) is 29.3 Å². The van der Waals surface area contributed by atoms with Gasteiger partial charge in [-0.3, -0.25) is 4.79 Å². The zero-order chi connectivity index (χ0) is 15.7. The van der Waals surface area contributed by atoms with Crippen LogP contribution in [-0.4, -0.2) is 41.8 Å². The fourth-order valence-corrected chi connectivity index (χ4v) is 2.67. The SMILES string of the molecule is CC(C)C1=NO[C@H](C(=O)N2CC(Oc3ccccc3Cl)C2)C1. The molecule has 1 aromatic carbocycles. The molecule has 2 heterocycles. The molecule has 0 unspecified atom stereocenters. The number of amides is 1. The maximum absolute atomic E-state index is 12.3. The Morgan fingerprint density at radius 3 is 2.77 bits per heavy atom. The first kappa shape index (κ1) is 15.2. The van der Waals surface area contributed by atoms with Crippen LogP contribution in [-0.2, 0) is 9.63 Å². The molecule has 2 aliphatic heterocycles. The highest BCUT2D eigenvalue weighted by Crippen LogP contribution is 2.27. The van der Waals surface area contributed by atoms with Gasteiger partial charge in [0.2, 0.25) is 6.10 Å². The maximum Gasteiger partial charge on any atom is 0.267 e. The molecule has 6 heteroatoms. The van der Waals surface area contributed by atoms with Crippen LogP contribution in [0.2, 0.25) is 5.02 Å². The summed E-state index contributed by atoms with van der Waals surface area (Å²) in [5.74, 6) is 0.952. The number of para-hydroxylation sites is 1. The minimum absolute atomic E-state index is 0.0154. The van der Waals surface area contributed by atoms with Gasteiger partial charge in [0.25, 0.3) is 5.91 Å². The van der Waals surface area contributed by atoms with Crippen LogP contribution in [0.5, 0.6) is 5.75 Å². The highest BCUT2D eigenvalue weighted by Gasteiger charge is 2.39. The van der Waals surface area contributed by atoms with E-state index in [9.17, 15) is 4.79 Å². The normalized spacial score (nSPS) is 21.4. The first-order chi connectivity index (χ1) is 10.5. The average Bonchev–Trinajstić information content (AvgIpc) is 2.93. The van der Waals surface area contributed by atoms with Crippen molar-refractivity contribution in [2.45, 2.75) is 32.5 Å². The van der Waals surface area contributed by atoms with Crippen molar-refractivity contribution in [1.82, 2.24) is 4.90 Å². The summed E-state index contributed by atoms with van der Waals surface area (Å²) in [5.41, 5.74) is 0.947. The predicted octanol–water partition coefficient (Wildman–Crippen LogP) is 2.73. The number of ether oxygens (including phenoxy) is 1. The molecule has 0 spiro atoms. The standard InChI is InChI=1S/C16H19ClN2O3/c1-10(2)13-7-15(22-18-13)16(20)19-8-11(9-19)21-14-6-4-3-5-12(14)17/h3-6,10-11,15H,7-9H2,1-2H3/t15-/m0/s1. The van der Waals surface area contributed by atoms with Crippen LogP contribution >= 0.6 is 11.6 Å². The van der Waals surface area contributed by atoms with Gasteiger partial charge in [-0.05, 0) is 18.1 Å². The van der Waals surface area contributed by atoms with E-state index in [0.717, 1.165) is 5.71 Å². The van der Waals surface area contributed by atoms with Gasteiger partial charge in [-0.15, -0.1) is 0 Å². The summed E-state index contributed by atoms with van der Waals surface area (Å²) in [7, 11) is 0. The predicted molar refractivity (Wildman–Crippen MR) is 84.2 cm³/mol. The lowest BCUT2D eigenvalue weighted by molar-refractivity contribution is -0.151. The summed E-state index contributed by atoms with van der Waals surface area (Å²) in [4.78, 5) is 19.3. The number of nitrogens with zero attached hydrogens (tertiary/aromatic N) is 2. The van der Waals surface area contributed by atoms with Gasteiger partial charge in [0, 0.05) is 6.42 Å². The molecule has 2 aliphatic rings. The van der Waals surface area contributed by atoms with E-state index in [1.54, 1.807) is 11.0 Å². The molecule has 0 N–H and O–H groups in total. The summed E-state index contributed by atoms with van der Waals surface area (Å²) in [6.07, 6.45) is 0.0951. The molecule has 3 rings (SSSR count). The smallest absolute Gasteiger partial charge is 0.267 e. The maximum atomic E-state index is 12.3. The second kappa shape index (κ2) is 6.16. The van der Waals surface area contributed by atoms with E-state index in [1.807, 2.05) is 32.0 Å². The van der Waals surface area contributed by atoms with E-state index in [2.05, 4.69) is 5.16 Å². The highest BCUT2D eigenvalue weighted by molar-refractivity contribution is 6.32. The number of carbonyl (C=O) groups excluding carboxylic acids is 1. The molecule has 1 amide bonds. The number of hydrogen-bond acceptors (Lipinski definition) is 4. The van der Waals surface area contributed by atoms with Gasteiger partial charge in [0.15, 0.2) is 0 Å². The van der Waals surface area contributed by atoms with Gasteiger partial charge in [-0.1, -0.05) is 42.7 Å². The lowest BCUT2D eigenvalue weighted by Gasteiger charge is -2.39. The Bertz CT molecular complexity index is 597. The largest absolute Gasteiger partial charge is 0.485 e. The van der Waals surface area contributed by atoms with Crippen molar-refractivity contribution in [3.63, 3.8) is 0 Å². The Balaban J connectivity index is 1.48. The summed E-state index contributed by atoms with van der Waals surface area (Å²) in [5, 5.41) is 4.58. The number of rotatable bonds is 4. The Labute approximate surface area is 134 Å². The number of hydrogen-bond donors (Lipinski definition) is 0. The van der Waals surface area contributed by atoms with E-state index < -0.39 is 6.10 Å². The molecule has 118 valence electrons. The molecule has 0 saturated carbocycles. The Hall–Kier alpha value is -1.75. The van der Waals surface area contributed by atoms with Crippen molar-refractivity contribution in [2.24, 2.45) is 11.1 Å². The molecule has 0 bridgehead atoms. The van der Waals surface area contributed by atoms with Crippen LogP contribution in [0.15, 0.2) is 29.4 Å². The Kier molecular flexibility index (Phi) is 4.25. The number of likely N-dealkylation sites (tertiary alicyclic amines) is 1. The van der Waals surface area contributed by atoms with Crippen LogP contribution in [0.3, 0.4) is 0 Å². The molecule has 0 aromatic heterocycles. The van der Waals surface area contributed by atoms with Crippen LogP contribution in [0.25, 0.3) is 0 Å². The van der Waals surface area contributed by atoms with Crippen molar-refractivity contribution in [3.8, 4) is 5.75 Å². The molecule has 1 aromatic rings. The van der Waals surface area contributed by atoms with Crippen LogP contribution in [0.1, 0.15) is 20.3 Å². The molecule has 0 radical (unpaired) electrons. The quantitative estimate of drug-likeness (QED) is 0.856. The molecule has 22 heavy (non-hydrogen) atoms. The number of halogens is 1. The van der Waals surface area contributed by atoms with Crippen molar-refractivity contribution in [1.29, 1.82) is 0 Å². The van der Waals surface area contributed by atoms with Crippen molar-refractivity contribution >= 4 is 23.2 Å². The Morgan fingerprint density at radius 2 is 2.14 bits per heavy atom. The summed E-state index contributed by atoms with van der Waals surface area (Å²) in [6, 6.07) is 7.35. The molecular weight excluding hydrogens is 304 g/mol. The summed E-state index contributed by atoms with van der Waals surface area (Å²) < 4.78 is 5.79. The molecule has 1 fully saturated rings. The van der Waals surface area contributed by atoms with Crippen LogP contribution in [0.4, 0.5) is 0 Å². The van der Waals surface area contributed by atoms with Gasteiger partial charge >= 0.3 is 0 Å². The summed E-state index contributed by atoms with van der Waals surface area (Å²) in [6.45, 7) is 5.21. The minimum atomic E-state index is -0.473. The molecule has 0 aliphatic carbocycles. The van der Waals surface area contributed by atoms with Gasteiger partial charge in [0.05, 0.1) is 23.8 Å². The van der Waals surface area contributed by atoms with E-state index in [0.29, 0.717) is 36.2 Å². The Morgan fingerprint density at radius 1 is 1.41 bits per heavy atom. The van der Waals surface area contributed by atoms with Gasteiger partial charge < -0.3 is 14.5 Å². The first-order valence-electron chi connectivity index (χ1n) is 7.47. The number of carbonyl (C=O) groups is 1. The third-order valence-corrected chi connectivity index (χ3v) is 4.24. The van der Waals surface area contributed by atoms with Crippen LogP contribution < -0.4 is 4.74 Å². The third kappa shape index (κ3) is 3.04. The molecule has 5 nitrogen and oxygen atoms in total. The zero-order valence-electron chi connectivity index (χ0n) is 12.7. The lowest BCUT2D eigenvalue weighted by atomic mass is 10.0. The second-order valence-corrected chi connectivity index (χ2v) is 6.36. The van der Waals surface area contributed by atoms with E-state index in [1.165, 1.54) is 0 Å². The second-order valence-electron chi connectivity index (χ2n) is 5.95. The monoisotopic (exact) mass is 322 g/mol. The van der Waals surface area contributed by atoms with E-state index in [4.69, 9.17) is 21.2 Å². The number of oxime groups is 1. The number of benzene rings is 1. The van der Waals surface area contributed by atoms with Gasteiger partial charge in [-0.25, -0.2) is 0 Å². The highest BCUT2D eigenvalue weighted by atomic mass is 35.5. The summed E-state index contributed by atoms with van der Waals surface area (Å²) >= 11 is 6.06. The van der Waals surface area contributed by atoms with Gasteiger partial charge in [0.1, 0.15) is 11.9 Å². The van der Waals surface area contributed by atoms with Crippen molar-refractivity contribution in [2.75, 3.05) is 13.1 Å². The molecule has 1 atom stereocenters. The van der Waals surface area contributed by atoms with Gasteiger partial charge in [-0.2, -0.15) is 0 Å². The van der Waals surface area contributed by atoms with E-state index in [-0.39, 0.29) is 12.0 Å². The van der Waals surface area contributed by atoms with Crippen LogP contribution in [0, 0.1) is 5.92 Å². The third-order valence-electron chi connectivity index (χ3n) is 3.92. The first-order valence-corrected chi connectivity index (χ1v) is 7.85.